The minimum atomic E-state index is -0.0729. The SMILES string of the molecule is CCN1C(=O)CNC1c1csnn1. The molecule has 0 bridgehead atoms. The number of hydrogen-bond donors (Lipinski definition) is 1. The molecule has 0 aliphatic carbocycles. The topological polar surface area (TPSA) is 58.1 Å². The molecule has 1 aromatic rings. The minimum absolute atomic E-state index is 0.0729. The number of aromatic nitrogens is 2. The molecule has 1 aliphatic rings. The molecule has 2 rings (SSSR count). The summed E-state index contributed by atoms with van der Waals surface area (Å²) >= 11 is 1.30. The van der Waals surface area contributed by atoms with Crippen LogP contribution < -0.4 is 5.32 Å². The van der Waals surface area contributed by atoms with Crippen molar-refractivity contribution in [3.05, 3.63) is 11.1 Å². The summed E-state index contributed by atoms with van der Waals surface area (Å²) in [6.45, 7) is 3.06. The highest BCUT2D eigenvalue weighted by molar-refractivity contribution is 7.03. The van der Waals surface area contributed by atoms with E-state index in [0.29, 0.717) is 13.1 Å². The van der Waals surface area contributed by atoms with Crippen molar-refractivity contribution in [2.45, 2.75) is 13.1 Å². The molecule has 5 nitrogen and oxygen atoms in total. The summed E-state index contributed by atoms with van der Waals surface area (Å²) in [5.41, 5.74) is 0.831. The van der Waals surface area contributed by atoms with E-state index in [1.165, 1.54) is 11.5 Å². The predicted octanol–water partition coefficient (Wildman–Crippen LogP) is -0.0116. The maximum atomic E-state index is 11.3. The van der Waals surface area contributed by atoms with Gasteiger partial charge in [-0.05, 0) is 18.5 Å². The Morgan fingerprint density at radius 3 is 3.31 bits per heavy atom. The van der Waals surface area contributed by atoms with Crippen LogP contribution in [0.1, 0.15) is 18.8 Å². The number of amides is 1. The maximum Gasteiger partial charge on any atom is 0.238 e. The van der Waals surface area contributed by atoms with Crippen LogP contribution in [0.5, 0.6) is 0 Å². The second-order valence-corrected chi connectivity index (χ2v) is 3.40. The van der Waals surface area contributed by atoms with Gasteiger partial charge in [0.1, 0.15) is 11.9 Å². The van der Waals surface area contributed by atoms with Gasteiger partial charge < -0.3 is 4.90 Å². The lowest BCUT2D eigenvalue weighted by atomic mass is 10.3. The Bertz CT molecular complexity index is 299. The third-order valence-electron chi connectivity index (χ3n) is 2.08. The van der Waals surface area contributed by atoms with Crippen molar-refractivity contribution in [3.8, 4) is 0 Å². The van der Waals surface area contributed by atoms with Crippen LogP contribution in [-0.4, -0.2) is 33.5 Å². The molecule has 2 heterocycles. The Labute approximate surface area is 79.9 Å². The van der Waals surface area contributed by atoms with Gasteiger partial charge in [0.05, 0.1) is 6.54 Å². The highest BCUT2D eigenvalue weighted by Gasteiger charge is 2.31. The molecule has 0 radical (unpaired) electrons. The van der Waals surface area contributed by atoms with E-state index in [1.54, 1.807) is 4.90 Å². The van der Waals surface area contributed by atoms with Crippen LogP contribution in [0.2, 0.25) is 0 Å². The standard InChI is InChI=1S/C7H10N4OS/c1-2-11-6(12)3-8-7(11)5-4-13-10-9-5/h4,7-8H,2-3H2,1H3. The van der Waals surface area contributed by atoms with Gasteiger partial charge in [-0.1, -0.05) is 4.49 Å². The zero-order valence-electron chi connectivity index (χ0n) is 7.23. The molecule has 13 heavy (non-hydrogen) atoms. The van der Waals surface area contributed by atoms with Crippen LogP contribution in [0, 0.1) is 0 Å². The van der Waals surface area contributed by atoms with Gasteiger partial charge in [-0.2, -0.15) is 0 Å². The number of hydrogen-bond acceptors (Lipinski definition) is 5. The maximum absolute atomic E-state index is 11.3. The van der Waals surface area contributed by atoms with Gasteiger partial charge in [0.2, 0.25) is 5.91 Å². The van der Waals surface area contributed by atoms with E-state index in [2.05, 4.69) is 14.9 Å². The van der Waals surface area contributed by atoms with E-state index < -0.39 is 0 Å². The molecule has 1 N–H and O–H groups in total. The van der Waals surface area contributed by atoms with Crippen molar-refractivity contribution in [2.24, 2.45) is 0 Å². The van der Waals surface area contributed by atoms with Crippen molar-refractivity contribution in [1.82, 2.24) is 19.8 Å². The van der Waals surface area contributed by atoms with Crippen LogP contribution >= 0.6 is 11.5 Å². The highest BCUT2D eigenvalue weighted by atomic mass is 32.1. The molecular formula is C7H10N4OS. The molecule has 0 spiro atoms. The fourth-order valence-corrected chi connectivity index (χ4v) is 1.93. The average Bonchev–Trinajstić information content (AvgIpc) is 2.71. The van der Waals surface area contributed by atoms with E-state index in [9.17, 15) is 4.79 Å². The Morgan fingerprint density at radius 1 is 1.85 bits per heavy atom. The highest BCUT2D eigenvalue weighted by Crippen LogP contribution is 2.20. The molecule has 0 saturated carbocycles. The first kappa shape index (κ1) is 8.58. The average molecular weight is 198 g/mol. The Hall–Kier alpha value is -1.01. The first-order valence-electron chi connectivity index (χ1n) is 4.12. The molecule has 1 atom stereocenters. The minimum Gasteiger partial charge on any atom is -0.320 e. The van der Waals surface area contributed by atoms with E-state index in [1.807, 2.05) is 12.3 Å². The molecule has 1 fully saturated rings. The van der Waals surface area contributed by atoms with Gasteiger partial charge in [0, 0.05) is 11.9 Å². The van der Waals surface area contributed by atoms with Crippen molar-refractivity contribution < 1.29 is 4.79 Å². The third-order valence-corrected chi connectivity index (χ3v) is 2.60. The molecule has 70 valence electrons. The molecule has 1 amide bonds. The summed E-state index contributed by atoms with van der Waals surface area (Å²) in [4.78, 5) is 13.1. The summed E-state index contributed by atoms with van der Waals surface area (Å²) in [5, 5.41) is 8.89. The second-order valence-electron chi connectivity index (χ2n) is 2.79. The largest absolute Gasteiger partial charge is 0.320 e. The summed E-state index contributed by atoms with van der Waals surface area (Å²) in [7, 11) is 0. The number of carbonyl (C=O) groups excluding carboxylic acids is 1. The van der Waals surface area contributed by atoms with Gasteiger partial charge in [-0.25, -0.2) is 0 Å². The zero-order chi connectivity index (χ0) is 9.26. The number of rotatable bonds is 2. The Balaban J connectivity index is 2.21. The van der Waals surface area contributed by atoms with Crippen molar-refractivity contribution >= 4 is 17.4 Å². The monoisotopic (exact) mass is 198 g/mol. The molecule has 6 heteroatoms. The van der Waals surface area contributed by atoms with Crippen LogP contribution in [0.4, 0.5) is 0 Å². The van der Waals surface area contributed by atoms with Gasteiger partial charge in [0.25, 0.3) is 0 Å². The van der Waals surface area contributed by atoms with E-state index >= 15 is 0 Å². The fourth-order valence-electron chi connectivity index (χ4n) is 1.45. The van der Waals surface area contributed by atoms with Crippen molar-refractivity contribution in [1.29, 1.82) is 0 Å². The molecule has 1 saturated heterocycles. The van der Waals surface area contributed by atoms with Crippen LogP contribution in [0.25, 0.3) is 0 Å². The van der Waals surface area contributed by atoms with E-state index in [4.69, 9.17) is 0 Å². The van der Waals surface area contributed by atoms with Crippen molar-refractivity contribution in [2.75, 3.05) is 13.1 Å². The molecule has 1 aliphatic heterocycles. The Kier molecular flexibility index (Phi) is 2.24. The summed E-state index contributed by atoms with van der Waals surface area (Å²) in [5.74, 6) is 0.125. The number of nitrogens with one attached hydrogen (secondary N) is 1. The van der Waals surface area contributed by atoms with Gasteiger partial charge in [-0.3, -0.25) is 10.1 Å². The lowest BCUT2D eigenvalue weighted by molar-refractivity contribution is -0.127. The quantitative estimate of drug-likeness (QED) is 0.726. The number of nitrogens with zero attached hydrogens (tertiary/aromatic N) is 3. The molecule has 1 aromatic heterocycles. The number of carbonyl (C=O) groups is 1. The van der Waals surface area contributed by atoms with Crippen molar-refractivity contribution in [3.63, 3.8) is 0 Å². The van der Waals surface area contributed by atoms with E-state index in [-0.39, 0.29) is 12.1 Å². The first-order valence-corrected chi connectivity index (χ1v) is 4.96. The fraction of sp³-hybridized carbons (Fsp3) is 0.571. The predicted molar refractivity (Wildman–Crippen MR) is 48.0 cm³/mol. The van der Waals surface area contributed by atoms with E-state index in [0.717, 1.165) is 5.69 Å². The normalized spacial score (nSPS) is 22.7. The number of likely N-dealkylation sites (N-methyl/N-ethyl adjacent to an activating group) is 1. The zero-order valence-corrected chi connectivity index (χ0v) is 8.04. The first-order chi connectivity index (χ1) is 6.33. The summed E-state index contributed by atoms with van der Waals surface area (Å²) in [6.07, 6.45) is -0.0729. The van der Waals surface area contributed by atoms with Gasteiger partial charge in [0.15, 0.2) is 0 Å². The molecular weight excluding hydrogens is 188 g/mol. The van der Waals surface area contributed by atoms with Crippen LogP contribution in [-0.2, 0) is 4.79 Å². The third kappa shape index (κ3) is 1.42. The molecule has 0 aromatic carbocycles. The summed E-state index contributed by atoms with van der Waals surface area (Å²) < 4.78 is 3.77. The smallest absolute Gasteiger partial charge is 0.238 e. The van der Waals surface area contributed by atoms with Crippen LogP contribution in [0.3, 0.4) is 0 Å². The Morgan fingerprint density at radius 2 is 2.69 bits per heavy atom. The lowest BCUT2D eigenvalue weighted by Gasteiger charge is -2.20. The van der Waals surface area contributed by atoms with Gasteiger partial charge >= 0.3 is 0 Å². The molecule has 1 unspecified atom stereocenters. The summed E-state index contributed by atoms with van der Waals surface area (Å²) in [6, 6.07) is 0. The second kappa shape index (κ2) is 3.39. The van der Waals surface area contributed by atoms with Gasteiger partial charge in [-0.15, -0.1) is 5.10 Å². The van der Waals surface area contributed by atoms with Crippen LogP contribution in [0.15, 0.2) is 5.38 Å². The lowest BCUT2D eigenvalue weighted by Crippen LogP contribution is -2.30.